The van der Waals surface area contributed by atoms with Crippen LogP contribution in [-0.4, -0.2) is 4.57 Å². The van der Waals surface area contributed by atoms with Crippen molar-refractivity contribution in [2.24, 2.45) is 0 Å². The molecule has 0 N–H and O–H groups in total. The van der Waals surface area contributed by atoms with Gasteiger partial charge in [-0.05, 0) is 59.7 Å². The molecule has 0 saturated heterocycles. The fraction of sp³-hybridized carbons (Fsp3) is 0. The number of hydrogen-bond acceptors (Lipinski definition) is 3. The second-order valence-electron chi connectivity index (χ2n) is 12.1. The summed E-state index contributed by atoms with van der Waals surface area (Å²) in [7, 11) is 0. The summed E-state index contributed by atoms with van der Waals surface area (Å²) < 4.78 is 14.0. The molecule has 0 amide bonds. The molecule has 7 aromatic carbocycles. The van der Waals surface area contributed by atoms with Gasteiger partial charge in [0.15, 0.2) is 0 Å². The van der Waals surface area contributed by atoms with Crippen LogP contribution in [0.15, 0.2) is 144 Å². The summed E-state index contributed by atoms with van der Waals surface area (Å²) in [5.41, 5.74) is 7.92. The highest BCUT2D eigenvalue weighted by Gasteiger charge is 2.18. The van der Waals surface area contributed by atoms with Crippen molar-refractivity contribution >= 4 is 107 Å². The Hall–Kier alpha value is -5.42. The van der Waals surface area contributed by atoms with Gasteiger partial charge in [-0.3, -0.25) is 0 Å². The van der Waals surface area contributed by atoms with E-state index in [0.717, 1.165) is 33.1 Å². The van der Waals surface area contributed by atoms with Gasteiger partial charge in [-0.2, -0.15) is 0 Å². The second-order valence-corrected chi connectivity index (χ2v) is 14.2. The van der Waals surface area contributed by atoms with E-state index in [0.29, 0.717) is 0 Å². The molecule has 4 heterocycles. The van der Waals surface area contributed by atoms with Crippen molar-refractivity contribution in [2.75, 3.05) is 0 Å². The standard InChI is InChI=1S/C42H23NOS2/c1-4-13-35-27(8-1)32-22-33-28-9-2-5-14-37(28)44-38(33)23-36(32)43(35)25-17-18-30-31-12-7-11-26(42(31)46-41(30)21-25)24-16-19-40-34(20-24)29-10-3-6-15-39(29)45-40/h1-23H. The first-order valence-electron chi connectivity index (χ1n) is 15.5. The number of nitrogens with zero attached hydrogens (tertiary/aromatic N) is 1. The molecule has 4 aromatic heterocycles. The van der Waals surface area contributed by atoms with Crippen molar-refractivity contribution in [1.82, 2.24) is 4.57 Å². The molecule has 46 heavy (non-hydrogen) atoms. The van der Waals surface area contributed by atoms with Crippen LogP contribution in [0.25, 0.3) is 101 Å². The monoisotopic (exact) mass is 621 g/mol. The maximum absolute atomic E-state index is 6.35. The Balaban J connectivity index is 1.14. The van der Waals surface area contributed by atoms with E-state index in [4.69, 9.17) is 4.42 Å². The Labute approximate surface area is 270 Å². The lowest BCUT2D eigenvalue weighted by atomic mass is 10.0. The van der Waals surface area contributed by atoms with Crippen LogP contribution in [0.3, 0.4) is 0 Å². The van der Waals surface area contributed by atoms with Gasteiger partial charge in [0.2, 0.25) is 0 Å². The van der Waals surface area contributed by atoms with Crippen molar-refractivity contribution < 1.29 is 4.42 Å². The number of hydrogen-bond donors (Lipinski definition) is 0. The first-order valence-corrected chi connectivity index (χ1v) is 17.1. The van der Waals surface area contributed by atoms with Crippen molar-refractivity contribution in [3.8, 4) is 16.8 Å². The third-order valence-corrected chi connectivity index (χ3v) is 12.0. The molecular weight excluding hydrogens is 599 g/mol. The third kappa shape index (κ3) is 3.35. The zero-order valence-corrected chi connectivity index (χ0v) is 26.1. The number of thiophene rings is 2. The Morgan fingerprint density at radius 2 is 1.20 bits per heavy atom. The SMILES string of the molecule is c1ccc2c(c1)oc1cc3c(cc12)c1ccccc1n3-c1ccc2c(c1)sc1c(-c3ccc4sc5ccccc5c4c3)cccc12. The van der Waals surface area contributed by atoms with Crippen LogP contribution in [0.2, 0.25) is 0 Å². The van der Waals surface area contributed by atoms with Crippen molar-refractivity contribution in [3.05, 3.63) is 140 Å². The number of aromatic nitrogens is 1. The number of fused-ring (bicyclic) bond motifs is 12. The van der Waals surface area contributed by atoms with Crippen molar-refractivity contribution in [3.63, 3.8) is 0 Å². The molecule has 11 aromatic rings. The van der Waals surface area contributed by atoms with E-state index >= 15 is 0 Å². The number of furan rings is 1. The predicted octanol–water partition coefficient (Wildman–Crippen LogP) is 13.1. The molecule has 0 spiro atoms. The first kappa shape index (κ1) is 24.8. The van der Waals surface area contributed by atoms with Crippen LogP contribution in [0.4, 0.5) is 0 Å². The van der Waals surface area contributed by atoms with E-state index in [-0.39, 0.29) is 0 Å². The van der Waals surface area contributed by atoms with Crippen LogP contribution in [0, 0.1) is 0 Å². The third-order valence-electron chi connectivity index (χ3n) is 9.60. The van der Waals surface area contributed by atoms with Crippen LogP contribution in [0.1, 0.15) is 0 Å². The van der Waals surface area contributed by atoms with Gasteiger partial charge >= 0.3 is 0 Å². The van der Waals surface area contributed by atoms with Gasteiger partial charge in [0.05, 0.1) is 11.0 Å². The van der Waals surface area contributed by atoms with E-state index < -0.39 is 0 Å². The summed E-state index contributed by atoms with van der Waals surface area (Å²) >= 11 is 3.76. The lowest BCUT2D eigenvalue weighted by Crippen LogP contribution is -1.93. The number of benzene rings is 7. The summed E-state index contributed by atoms with van der Waals surface area (Å²) in [6, 6.07) is 51.0. The van der Waals surface area contributed by atoms with Gasteiger partial charge in [0, 0.05) is 73.6 Å². The highest BCUT2D eigenvalue weighted by Crippen LogP contribution is 2.44. The van der Waals surface area contributed by atoms with E-state index in [9.17, 15) is 0 Å². The molecule has 0 aliphatic heterocycles. The highest BCUT2D eigenvalue weighted by molar-refractivity contribution is 7.26. The van der Waals surface area contributed by atoms with Crippen LogP contribution in [-0.2, 0) is 0 Å². The zero-order valence-electron chi connectivity index (χ0n) is 24.5. The summed E-state index contributed by atoms with van der Waals surface area (Å²) in [6.07, 6.45) is 0. The van der Waals surface area contributed by atoms with Gasteiger partial charge in [0.1, 0.15) is 11.2 Å². The molecule has 0 aliphatic carbocycles. The van der Waals surface area contributed by atoms with Gasteiger partial charge in [-0.25, -0.2) is 0 Å². The minimum absolute atomic E-state index is 0.917. The van der Waals surface area contributed by atoms with Crippen LogP contribution < -0.4 is 0 Å². The molecule has 0 unspecified atom stereocenters. The smallest absolute Gasteiger partial charge is 0.137 e. The van der Waals surface area contributed by atoms with Gasteiger partial charge < -0.3 is 8.98 Å². The summed E-state index contributed by atoms with van der Waals surface area (Å²) in [6.45, 7) is 0. The van der Waals surface area contributed by atoms with E-state index in [2.05, 4.69) is 138 Å². The highest BCUT2D eigenvalue weighted by atomic mass is 32.1. The molecule has 4 heteroatoms. The van der Waals surface area contributed by atoms with Gasteiger partial charge in [0.25, 0.3) is 0 Å². The normalized spacial score (nSPS) is 12.3. The molecule has 2 nitrogen and oxygen atoms in total. The Morgan fingerprint density at radius 1 is 0.413 bits per heavy atom. The average molecular weight is 622 g/mol. The Morgan fingerprint density at radius 3 is 2.15 bits per heavy atom. The molecule has 0 radical (unpaired) electrons. The topological polar surface area (TPSA) is 18.1 Å². The minimum Gasteiger partial charge on any atom is -0.456 e. The van der Waals surface area contributed by atoms with Crippen LogP contribution in [0.5, 0.6) is 0 Å². The molecule has 0 bridgehead atoms. The van der Waals surface area contributed by atoms with E-state index in [1.807, 2.05) is 28.7 Å². The molecule has 0 atom stereocenters. The molecule has 0 aliphatic rings. The lowest BCUT2D eigenvalue weighted by molar-refractivity contribution is 0.669. The summed E-state index contributed by atoms with van der Waals surface area (Å²) in [5.74, 6) is 0. The van der Waals surface area contributed by atoms with E-state index in [1.165, 1.54) is 67.8 Å². The Bertz CT molecular complexity index is 3040. The fourth-order valence-corrected chi connectivity index (χ4v) is 9.87. The average Bonchev–Trinajstić information content (AvgIpc) is 3.85. The molecule has 11 rings (SSSR count). The molecule has 0 fully saturated rings. The maximum Gasteiger partial charge on any atom is 0.137 e. The molecule has 0 saturated carbocycles. The van der Waals surface area contributed by atoms with Crippen LogP contribution >= 0.6 is 22.7 Å². The summed E-state index contributed by atoms with van der Waals surface area (Å²) in [4.78, 5) is 0. The molecular formula is C42H23NOS2. The quantitative estimate of drug-likeness (QED) is 0.188. The Kier molecular flexibility index (Phi) is 4.90. The van der Waals surface area contributed by atoms with Gasteiger partial charge in [-0.15, -0.1) is 22.7 Å². The maximum atomic E-state index is 6.35. The molecule has 214 valence electrons. The summed E-state index contributed by atoms with van der Waals surface area (Å²) in [5, 5.41) is 10.1. The predicted molar refractivity (Wildman–Crippen MR) is 199 cm³/mol. The first-order chi connectivity index (χ1) is 22.8. The number of para-hydroxylation sites is 2. The van der Waals surface area contributed by atoms with E-state index in [1.54, 1.807) is 0 Å². The lowest BCUT2D eigenvalue weighted by Gasteiger charge is -2.08. The largest absolute Gasteiger partial charge is 0.456 e. The fourth-order valence-electron chi connectivity index (χ4n) is 7.51. The second kappa shape index (κ2) is 9.07. The number of rotatable bonds is 2. The zero-order chi connectivity index (χ0) is 29.9. The van der Waals surface area contributed by atoms with Gasteiger partial charge in [-0.1, -0.05) is 84.9 Å². The minimum atomic E-state index is 0.917. The van der Waals surface area contributed by atoms with Crippen molar-refractivity contribution in [1.29, 1.82) is 0 Å². The van der Waals surface area contributed by atoms with Crippen molar-refractivity contribution in [2.45, 2.75) is 0 Å².